The maximum Gasteiger partial charge on any atom is 0.167 e. The summed E-state index contributed by atoms with van der Waals surface area (Å²) in [6, 6.07) is 3.09. The van der Waals surface area contributed by atoms with Crippen molar-refractivity contribution in [3.05, 3.63) is 12.4 Å². The minimum absolute atomic E-state index is 0.316. The summed E-state index contributed by atoms with van der Waals surface area (Å²) in [7, 11) is 2.01. The summed E-state index contributed by atoms with van der Waals surface area (Å²) in [6.07, 6.45) is 9.09. The summed E-state index contributed by atoms with van der Waals surface area (Å²) in [5, 5.41) is 14.0. The van der Waals surface area contributed by atoms with Gasteiger partial charge in [-0.2, -0.15) is 5.26 Å². The summed E-state index contributed by atoms with van der Waals surface area (Å²) in [4.78, 5) is 4.29. The molecule has 1 heterocycles. The van der Waals surface area contributed by atoms with E-state index in [1.165, 1.54) is 12.8 Å². The second kappa shape index (κ2) is 6.44. The number of nitrogens with one attached hydrogen (secondary N) is 1. The van der Waals surface area contributed by atoms with E-state index in [2.05, 4.69) is 23.3 Å². The van der Waals surface area contributed by atoms with Crippen molar-refractivity contribution in [1.29, 1.82) is 5.26 Å². The molecule has 0 aromatic carbocycles. The van der Waals surface area contributed by atoms with Crippen LogP contribution in [0, 0.1) is 11.3 Å². The fraction of sp³-hybridized carbons (Fsp3) is 0.714. The maximum atomic E-state index is 9.44. The van der Waals surface area contributed by atoms with Crippen molar-refractivity contribution in [2.24, 2.45) is 7.05 Å². The highest BCUT2D eigenvalue weighted by Gasteiger charge is 2.34. The van der Waals surface area contributed by atoms with Gasteiger partial charge in [0.05, 0.1) is 6.07 Å². The first-order valence-electron chi connectivity index (χ1n) is 6.98. The molecule has 4 nitrogen and oxygen atoms in total. The molecule has 0 spiro atoms. The van der Waals surface area contributed by atoms with Crippen molar-refractivity contribution in [3.8, 4) is 6.07 Å². The number of hydrogen-bond donors (Lipinski definition) is 1. The average Bonchev–Trinajstić information content (AvgIpc) is 3.15. The van der Waals surface area contributed by atoms with E-state index in [9.17, 15) is 5.26 Å². The lowest BCUT2D eigenvalue weighted by molar-refractivity contribution is 0.367. The first-order valence-corrected chi connectivity index (χ1v) is 7.97. The van der Waals surface area contributed by atoms with Gasteiger partial charge in [0.1, 0.15) is 5.54 Å². The van der Waals surface area contributed by atoms with Gasteiger partial charge < -0.3 is 4.57 Å². The zero-order valence-electron chi connectivity index (χ0n) is 11.7. The zero-order chi connectivity index (χ0) is 13.7. The van der Waals surface area contributed by atoms with Crippen LogP contribution in [0.15, 0.2) is 17.6 Å². The van der Waals surface area contributed by atoms with Crippen LogP contribution in [-0.4, -0.2) is 26.9 Å². The van der Waals surface area contributed by atoms with Gasteiger partial charge in [0, 0.05) is 31.2 Å². The van der Waals surface area contributed by atoms with Crippen LogP contribution in [0.4, 0.5) is 0 Å². The lowest BCUT2D eigenvalue weighted by Crippen LogP contribution is -2.44. The van der Waals surface area contributed by atoms with Crippen LogP contribution in [0.2, 0.25) is 0 Å². The monoisotopic (exact) mass is 278 g/mol. The van der Waals surface area contributed by atoms with Gasteiger partial charge in [-0.15, -0.1) is 0 Å². The van der Waals surface area contributed by atoms with E-state index in [1.54, 1.807) is 11.8 Å². The quantitative estimate of drug-likeness (QED) is 0.587. The standard InChI is InChI=1S/C14H22N4S/c1-3-14(11-15,17-12-5-6-12)7-4-10-19-13-16-8-9-18(13)2/h8-9,12,17H,3-7,10H2,1-2H3. The van der Waals surface area contributed by atoms with Crippen molar-refractivity contribution in [2.75, 3.05) is 5.75 Å². The number of aryl methyl sites for hydroxylation is 1. The van der Waals surface area contributed by atoms with Crippen LogP contribution in [0.1, 0.15) is 39.0 Å². The first kappa shape index (κ1) is 14.4. The summed E-state index contributed by atoms with van der Waals surface area (Å²) in [5.74, 6) is 1.01. The minimum atomic E-state index is -0.316. The number of nitrogens with zero attached hydrogens (tertiary/aromatic N) is 3. The lowest BCUT2D eigenvalue weighted by atomic mass is 9.92. The topological polar surface area (TPSA) is 53.6 Å². The molecule has 1 unspecified atom stereocenters. The van der Waals surface area contributed by atoms with E-state index in [0.717, 1.165) is 30.2 Å². The number of thioether (sulfide) groups is 1. The molecule has 1 atom stereocenters. The molecular formula is C14H22N4S. The smallest absolute Gasteiger partial charge is 0.167 e. The van der Waals surface area contributed by atoms with Gasteiger partial charge in [0.2, 0.25) is 0 Å². The van der Waals surface area contributed by atoms with E-state index in [1.807, 2.05) is 24.0 Å². The molecule has 1 N–H and O–H groups in total. The van der Waals surface area contributed by atoms with Gasteiger partial charge in [0.25, 0.3) is 0 Å². The maximum absolute atomic E-state index is 9.44. The predicted molar refractivity (Wildman–Crippen MR) is 78.0 cm³/mol. The normalized spacial score (nSPS) is 17.9. The summed E-state index contributed by atoms with van der Waals surface area (Å²) >= 11 is 1.76. The van der Waals surface area contributed by atoms with E-state index in [4.69, 9.17) is 0 Å². The second-order valence-corrected chi connectivity index (χ2v) is 6.30. The van der Waals surface area contributed by atoms with Gasteiger partial charge in [0.15, 0.2) is 5.16 Å². The van der Waals surface area contributed by atoms with Crippen LogP contribution in [0.25, 0.3) is 0 Å². The average molecular weight is 278 g/mol. The highest BCUT2D eigenvalue weighted by molar-refractivity contribution is 7.99. The van der Waals surface area contributed by atoms with Crippen LogP contribution in [-0.2, 0) is 7.05 Å². The first-order chi connectivity index (χ1) is 9.19. The molecule has 2 rings (SSSR count). The van der Waals surface area contributed by atoms with Crippen molar-refractivity contribution >= 4 is 11.8 Å². The Kier molecular flexibility index (Phi) is 4.89. The Bertz CT molecular complexity index is 447. The van der Waals surface area contributed by atoms with Gasteiger partial charge in [-0.1, -0.05) is 18.7 Å². The molecule has 0 radical (unpaired) electrons. The van der Waals surface area contributed by atoms with E-state index >= 15 is 0 Å². The molecule has 0 aliphatic heterocycles. The Morgan fingerprint density at radius 3 is 2.95 bits per heavy atom. The van der Waals surface area contributed by atoms with E-state index in [-0.39, 0.29) is 5.54 Å². The molecule has 0 amide bonds. The minimum Gasteiger partial charge on any atom is -0.329 e. The van der Waals surface area contributed by atoms with Gasteiger partial charge in [-0.3, -0.25) is 5.32 Å². The molecule has 1 saturated carbocycles. The predicted octanol–water partition coefficient (Wildman–Crippen LogP) is 2.72. The molecule has 1 aromatic heterocycles. The van der Waals surface area contributed by atoms with Crippen molar-refractivity contribution in [1.82, 2.24) is 14.9 Å². The molecule has 1 aliphatic carbocycles. The fourth-order valence-corrected chi connectivity index (χ4v) is 3.04. The number of aromatic nitrogens is 2. The van der Waals surface area contributed by atoms with Crippen molar-refractivity contribution in [3.63, 3.8) is 0 Å². The molecule has 1 aromatic rings. The third kappa shape index (κ3) is 3.99. The van der Waals surface area contributed by atoms with Crippen LogP contribution < -0.4 is 5.32 Å². The largest absolute Gasteiger partial charge is 0.329 e. The lowest BCUT2D eigenvalue weighted by Gasteiger charge is -2.26. The number of hydrogen-bond acceptors (Lipinski definition) is 4. The van der Waals surface area contributed by atoms with Crippen molar-refractivity contribution < 1.29 is 0 Å². The molecule has 0 saturated heterocycles. The van der Waals surface area contributed by atoms with Crippen molar-refractivity contribution in [2.45, 2.75) is 55.8 Å². The zero-order valence-corrected chi connectivity index (χ0v) is 12.5. The Labute approximate surface area is 119 Å². The van der Waals surface area contributed by atoms with Crippen LogP contribution >= 0.6 is 11.8 Å². The fourth-order valence-electron chi connectivity index (χ4n) is 2.17. The van der Waals surface area contributed by atoms with E-state index in [0.29, 0.717) is 6.04 Å². The Hall–Kier alpha value is -0.990. The molecule has 1 aliphatic rings. The molecule has 19 heavy (non-hydrogen) atoms. The van der Waals surface area contributed by atoms with Gasteiger partial charge in [-0.05, 0) is 32.1 Å². The van der Waals surface area contributed by atoms with E-state index < -0.39 is 0 Å². The number of rotatable bonds is 8. The molecule has 104 valence electrons. The SMILES string of the molecule is CCC(C#N)(CCCSc1nccn1C)NC1CC1. The third-order valence-electron chi connectivity index (χ3n) is 3.63. The number of imidazole rings is 1. The number of nitriles is 1. The molecule has 1 fully saturated rings. The van der Waals surface area contributed by atoms with Gasteiger partial charge in [-0.25, -0.2) is 4.98 Å². The summed E-state index contributed by atoms with van der Waals surface area (Å²) < 4.78 is 2.03. The molecule has 5 heteroatoms. The second-order valence-electron chi connectivity index (χ2n) is 5.24. The Morgan fingerprint density at radius 1 is 1.63 bits per heavy atom. The Morgan fingerprint density at radius 2 is 2.42 bits per heavy atom. The highest BCUT2D eigenvalue weighted by atomic mass is 32.2. The van der Waals surface area contributed by atoms with Crippen LogP contribution in [0.3, 0.4) is 0 Å². The Balaban J connectivity index is 1.76. The van der Waals surface area contributed by atoms with Gasteiger partial charge >= 0.3 is 0 Å². The molecular weight excluding hydrogens is 256 g/mol. The highest BCUT2D eigenvalue weighted by Crippen LogP contribution is 2.27. The third-order valence-corrected chi connectivity index (χ3v) is 4.78. The molecule has 0 bridgehead atoms. The van der Waals surface area contributed by atoms with Crippen LogP contribution in [0.5, 0.6) is 0 Å². The summed E-state index contributed by atoms with van der Waals surface area (Å²) in [6.45, 7) is 2.10. The summed E-state index contributed by atoms with van der Waals surface area (Å²) in [5.41, 5.74) is -0.316.